The van der Waals surface area contributed by atoms with Gasteiger partial charge in [-0.05, 0) is 51.2 Å². The lowest BCUT2D eigenvalue weighted by molar-refractivity contribution is -0.150. The number of rotatable bonds is 6. The van der Waals surface area contributed by atoms with Crippen LogP contribution in [-0.4, -0.2) is 59.6 Å². The highest BCUT2D eigenvalue weighted by atomic mass is 32.1. The van der Waals surface area contributed by atoms with Crippen molar-refractivity contribution in [1.29, 1.82) is 0 Å². The van der Waals surface area contributed by atoms with Gasteiger partial charge >= 0.3 is 5.97 Å². The number of ether oxygens (including phenoxy) is 2. The molecule has 1 unspecified atom stereocenters. The Morgan fingerprint density at radius 1 is 1.39 bits per heavy atom. The summed E-state index contributed by atoms with van der Waals surface area (Å²) in [5.41, 5.74) is 0.380. The molecule has 1 aromatic rings. The van der Waals surface area contributed by atoms with Gasteiger partial charge in [-0.2, -0.15) is 0 Å². The first kappa shape index (κ1) is 21.6. The predicted molar refractivity (Wildman–Crippen MR) is 107 cm³/mol. The standard InChI is InChI=1S/C19H25N3O5S/c1-4-26-14-7-5-6-13(10-14)17(24)21-19(28)22-9-8-20-18(25)15(22)11-16(23)27-12(2)3/h5-7,10,12,15H,4,8-9,11H2,1-3H3,(H,20,25)(H,21,24,28). The van der Waals surface area contributed by atoms with Crippen molar-refractivity contribution in [2.75, 3.05) is 19.7 Å². The average molecular weight is 407 g/mol. The Balaban J connectivity index is 2.07. The van der Waals surface area contributed by atoms with Crippen LogP contribution in [0.2, 0.25) is 0 Å². The average Bonchev–Trinajstić information content (AvgIpc) is 2.63. The minimum absolute atomic E-state index is 0.0870. The third kappa shape index (κ3) is 5.91. The van der Waals surface area contributed by atoms with Crippen molar-refractivity contribution in [2.45, 2.75) is 39.3 Å². The number of hydrogen-bond donors (Lipinski definition) is 2. The van der Waals surface area contributed by atoms with Crippen molar-refractivity contribution >= 4 is 35.1 Å². The molecular weight excluding hydrogens is 382 g/mol. The number of hydrogen-bond acceptors (Lipinski definition) is 6. The maximum absolute atomic E-state index is 12.5. The summed E-state index contributed by atoms with van der Waals surface area (Å²) in [6.45, 7) is 6.55. The van der Waals surface area contributed by atoms with Crippen LogP contribution in [0.5, 0.6) is 5.75 Å². The topological polar surface area (TPSA) is 97.0 Å². The zero-order valence-corrected chi connectivity index (χ0v) is 17.0. The Morgan fingerprint density at radius 2 is 2.14 bits per heavy atom. The molecule has 0 saturated carbocycles. The van der Waals surface area contributed by atoms with Crippen LogP contribution in [0.3, 0.4) is 0 Å². The van der Waals surface area contributed by atoms with Crippen LogP contribution in [0.4, 0.5) is 0 Å². The summed E-state index contributed by atoms with van der Waals surface area (Å²) in [6, 6.07) is 5.89. The van der Waals surface area contributed by atoms with Crippen LogP contribution in [0.25, 0.3) is 0 Å². The van der Waals surface area contributed by atoms with Gasteiger partial charge in [0.1, 0.15) is 11.8 Å². The van der Waals surface area contributed by atoms with E-state index in [9.17, 15) is 14.4 Å². The molecule has 1 atom stereocenters. The third-order valence-electron chi connectivity index (χ3n) is 3.95. The minimum Gasteiger partial charge on any atom is -0.494 e. The maximum Gasteiger partial charge on any atom is 0.308 e. The molecule has 0 bridgehead atoms. The monoisotopic (exact) mass is 407 g/mol. The van der Waals surface area contributed by atoms with Gasteiger partial charge < -0.3 is 19.7 Å². The zero-order valence-electron chi connectivity index (χ0n) is 16.2. The Kier molecular flexibility index (Phi) is 7.74. The van der Waals surface area contributed by atoms with Gasteiger partial charge in [0.15, 0.2) is 5.11 Å². The first-order valence-electron chi connectivity index (χ1n) is 9.13. The second-order valence-corrected chi connectivity index (χ2v) is 6.85. The molecular formula is C19H25N3O5S. The Morgan fingerprint density at radius 3 is 2.82 bits per heavy atom. The lowest BCUT2D eigenvalue weighted by Gasteiger charge is -2.36. The van der Waals surface area contributed by atoms with E-state index in [0.29, 0.717) is 31.0 Å². The van der Waals surface area contributed by atoms with Gasteiger partial charge in [-0.25, -0.2) is 0 Å². The molecule has 9 heteroatoms. The number of carbonyl (C=O) groups excluding carboxylic acids is 3. The van der Waals surface area contributed by atoms with Crippen LogP contribution in [0.15, 0.2) is 24.3 Å². The minimum atomic E-state index is -0.831. The van der Waals surface area contributed by atoms with Gasteiger partial charge in [0, 0.05) is 18.7 Å². The molecule has 1 fully saturated rings. The summed E-state index contributed by atoms with van der Waals surface area (Å²) in [4.78, 5) is 38.3. The molecule has 8 nitrogen and oxygen atoms in total. The summed E-state index contributed by atoms with van der Waals surface area (Å²) in [5, 5.41) is 5.42. The highest BCUT2D eigenvalue weighted by Crippen LogP contribution is 2.15. The van der Waals surface area contributed by atoms with E-state index < -0.39 is 17.9 Å². The van der Waals surface area contributed by atoms with Crippen molar-refractivity contribution < 1.29 is 23.9 Å². The van der Waals surface area contributed by atoms with Crippen LogP contribution in [-0.2, 0) is 14.3 Å². The molecule has 0 spiro atoms. The smallest absolute Gasteiger partial charge is 0.308 e. The molecule has 28 heavy (non-hydrogen) atoms. The maximum atomic E-state index is 12.5. The van der Waals surface area contributed by atoms with E-state index in [1.165, 1.54) is 0 Å². The molecule has 152 valence electrons. The van der Waals surface area contributed by atoms with Crippen molar-refractivity contribution in [3.63, 3.8) is 0 Å². The van der Waals surface area contributed by atoms with Crippen LogP contribution in [0, 0.1) is 0 Å². The number of nitrogens with one attached hydrogen (secondary N) is 2. The normalized spacial score (nSPS) is 16.4. The second kappa shape index (κ2) is 10.0. The van der Waals surface area contributed by atoms with Gasteiger partial charge in [-0.15, -0.1) is 0 Å². The fourth-order valence-electron chi connectivity index (χ4n) is 2.76. The van der Waals surface area contributed by atoms with Crippen LogP contribution < -0.4 is 15.4 Å². The lowest BCUT2D eigenvalue weighted by Crippen LogP contribution is -2.60. The molecule has 2 amide bonds. The molecule has 0 aromatic heterocycles. The Labute approximate surface area is 169 Å². The molecule has 1 aromatic carbocycles. The summed E-state index contributed by atoms with van der Waals surface area (Å²) in [5.74, 6) is -0.670. The lowest BCUT2D eigenvalue weighted by atomic mass is 10.1. The molecule has 2 rings (SSSR count). The molecule has 0 aliphatic carbocycles. The number of amides is 2. The highest BCUT2D eigenvalue weighted by Gasteiger charge is 2.34. The number of nitrogens with zero attached hydrogens (tertiary/aromatic N) is 1. The first-order chi connectivity index (χ1) is 13.3. The van der Waals surface area contributed by atoms with Gasteiger partial charge in [0.05, 0.1) is 19.1 Å². The molecule has 1 aliphatic heterocycles. The fraction of sp³-hybridized carbons (Fsp3) is 0.474. The van der Waals surface area contributed by atoms with Crippen LogP contribution >= 0.6 is 12.2 Å². The Hall–Kier alpha value is -2.68. The second-order valence-electron chi connectivity index (χ2n) is 6.46. The number of esters is 1. The number of thiocarbonyl (C=S) groups is 1. The van der Waals surface area contributed by atoms with E-state index in [0.717, 1.165) is 0 Å². The molecule has 1 heterocycles. The van der Waals surface area contributed by atoms with Crippen molar-refractivity contribution in [3.8, 4) is 5.75 Å². The number of piperazine rings is 1. The Bertz CT molecular complexity index is 753. The van der Waals surface area contributed by atoms with Crippen molar-refractivity contribution in [3.05, 3.63) is 29.8 Å². The van der Waals surface area contributed by atoms with Crippen LogP contribution in [0.1, 0.15) is 37.6 Å². The number of benzene rings is 1. The van der Waals surface area contributed by atoms with Gasteiger partial charge in [-0.1, -0.05) is 6.07 Å². The highest BCUT2D eigenvalue weighted by molar-refractivity contribution is 7.80. The first-order valence-corrected chi connectivity index (χ1v) is 9.54. The van der Waals surface area contributed by atoms with E-state index in [1.54, 1.807) is 43.0 Å². The SMILES string of the molecule is CCOc1cccc(C(=O)NC(=S)N2CCNC(=O)C2CC(=O)OC(C)C)c1. The quantitative estimate of drug-likeness (QED) is 0.541. The largest absolute Gasteiger partial charge is 0.494 e. The van der Waals surface area contributed by atoms with Crippen molar-refractivity contribution in [1.82, 2.24) is 15.5 Å². The summed E-state index contributed by atoms with van der Waals surface area (Å²) in [7, 11) is 0. The summed E-state index contributed by atoms with van der Waals surface area (Å²) in [6.07, 6.45) is -0.434. The van der Waals surface area contributed by atoms with Gasteiger partial charge in [-0.3, -0.25) is 19.7 Å². The summed E-state index contributed by atoms with van der Waals surface area (Å²) >= 11 is 5.34. The van der Waals surface area contributed by atoms with E-state index >= 15 is 0 Å². The van der Waals surface area contributed by atoms with E-state index in [4.69, 9.17) is 21.7 Å². The van der Waals surface area contributed by atoms with Gasteiger partial charge in [0.25, 0.3) is 5.91 Å². The molecule has 1 aliphatic rings. The molecule has 0 radical (unpaired) electrons. The molecule has 2 N–H and O–H groups in total. The van der Waals surface area contributed by atoms with E-state index in [2.05, 4.69) is 10.6 Å². The zero-order chi connectivity index (χ0) is 20.7. The predicted octanol–water partition coefficient (Wildman–Crippen LogP) is 1.24. The number of carbonyl (C=O) groups is 3. The molecule has 1 saturated heterocycles. The van der Waals surface area contributed by atoms with E-state index in [1.807, 2.05) is 6.92 Å². The third-order valence-corrected chi connectivity index (χ3v) is 4.28. The fourth-order valence-corrected chi connectivity index (χ4v) is 3.08. The van der Waals surface area contributed by atoms with Crippen molar-refractivity contribution in [2.24, 2.45) is 0 Å². The summed E-state index contributed by atoms with van der Waals surface area (Å²) < 4.78 is 10.5. The van der Waals surface area contributed by atoms with E-state index in [-0.39, 0.29) is 23.5 Å². The van der Waals surface area contributed by atoms with Gasteiger partial charge in [0.2, 0.25) is 5.91 Å².